The van der Waals surface area contributed by atoms with Crippen LogP contribution in [-0.4, -0.2) is 48.0 Å². The second-order valence-electron chi connectivity index (χ2n) is 7.18. The molecule has 2 N–H and O–H groups in total. The highest BCUT2D eigenvalue weighted by molar-refractivity contribution is 9.10. The molecule has 11 heteroatoms. The molecule has 34 heavy (non-hydrogen) atoms. The van der Waals surface area contributed by atoms with Gasteiger partial charge in [0.1, 0.15) is 5.75 Å². The first kappa shape index (κ1) is 24.0. The van der Waals surface area contributed by atoms with Crippen LogP contribution in [0.25, 0.3) is 11.5 Å². The summed E-state index contributed by atoms with van der Waals surface area (Å²) in [6.45, 7) is 0.605. The van der Waals surface area contributed by atoms with Crippen LogP contribution in [-0.2, 0) is 13.0 Å². The van der Waals surface area contributed by atoms with Crippen molar-refractivity contribution in [1.82, 2.24) is 19.5 Å². The van der Waals surface area contributed by atoms with E-state index in [0.29, 0.717) is 52.7 Å². The summed E-state index contributed by atoms with van der Waals surface area (Å²) in [6.07, 6.45) is 2.36. The number of hydrogen-bond acceptors (Lipinski definition) is 9. The zero-order valence-electron chi connectivity index (χ0n) is 19.2. The molecule has 0 unspecified atom stereocenters. The van der Waals surface area contributed by atoms with Crippen molar-refractivity contribution in [3.8, 4) is 34.5 Å². The van der Waals surface area contributed by atoms with Crippen LogP contribution in [0.3, 0.4) is 0 Å². The normalized spacial score (nSPS) is 11.0. The molecular formula is C23H24BrN5O4S. The summed E-state index contributed by atoms with van der Waals surface area (Å²) < 4.78 is 24.5. The predicted octanol–water partition coefficient (Wildman–Crippen LogP) is 4.55. The van der Waals surface area contributed by atoms with Crippen molar-refractivity contribution in [1.29, 1.82) is 0 Å². The first-order valence-corrected chi connectivity index (χ1v) is 11.9. The number of hydrogen-bond donors (Lipinski definition) is 1. The van der Waals surface area contributed by atoms with E-state index in [1.54, 1.807) is 34.8 Å². The molecule has 0 spiro atoms. The van der Waals surface area contributed by atoms with Gasteiger partial charge in [0.15, 0.2) is 34.0 Å². The molecule has 0 atom stereocenters. The SMILES string of the molecule is COc1ccc(Br)c(Sc2nc3c(N)ncn(CCc4cc(OC)c(OC)c(OC)c4)c-3n2)c1. The molecular weight excluding hydrogens is 522 g/mol. The maximum absolute atomic E-state index is 6.11. The third-order valence-electron chi connectivity index (χ3n) is 5.18. The molecule has 0 radical (unpaired) electrons. The maximum atomic E-state index is 6.11. The van der Waals surface area contributed by atoms with Crippen molar-refractivity contribution in [3.63, 3.8) is 0 Å². The minimum absolute atomic E-state index is 0.336. The first-order chi connectivity index (χ1) is 16.5. The molecule has 0 aliphatic carbocycles. The summed E-state index contributed by atoms with van der Waals surface area (Å²) in [5.41, 5.74) is 7.69. The van der Waals surface area contributed by atoms with Crippen molar-refractivity contribution in [2.45, 2.75) is 23.0 Å². The van der Waals surface area contributed by atoms with E-state index in [2.05, 4.69) is 25.9 Å². The molecule has 0 bridgehead atoms. The van der Waals surface area contributed by atoms with Crippen molar-refractivity contribution < 1.29 is 18.9 Å². The fourth-order valence-corrected chi connectivity index (χ4v) is 4.76. The average Bonchev–Trinajstić information content (AvgIpc) is 3.29. The largest absolute Gasteiger partial charge is 0.497 e. The highest BCUT2D eigenvalue weighted by Crippen LogP contribution is 2.39. The lowest BCUT2D eigenvalue weighted by atomic mass is 10.1. The van der Waals surface area contributed by atoms with Crippen molar-refractivity contribution >= 4 is 33.5 Å². The Bertz CT molecular complexity index is 1260. The van der Waals surface area contributed by atoms with Crippen LogP contribution in [0.5, 0.6) is 23.0 Å². The summed E-state index contributed by atoms with van der Waals surface area (Å²) in [5, 5.41) is 0.574. The number of imidazole rings is 1. The second-order valence-corrected chi connectivity index (χ2v) is 9.05. The van der Waals surface area contributed by atoms with Crippen molar-refractivity contribution in [3.05, 3.63) is 46.7 Å². The minimum Gasteiger partial charge on any atom is -0.497 e. The zero-order valence-corrected chi connectivity index (χ0v) is 21.6. The number of nitrogen functional groups attached to an aromatic ring is 1. The summed E-state index contributed by atoms with van der Waals surface area (Å²) in [7, 11) is 6.42. The van der Waals surface area contributed by atoms with Gasteiger partial charge in [-0.15, -0.1) is 0 Å². The van der Waals surface area contributed by atoms with Gasteiger partial charge in [-0.3, -0.25) is 0 Å². The summed E-state index contributed by atoms with van der Waals surface area (Å²) in [5.74, 6) is 3.54. The maximum Gasteiger partial charge on any atom is 0.203 e. The van der Waals surface area contributed by atoms with E-state index < -0.39 is 0 Å². The number of halogens is 1. The van der Waals surface area contributed by atoms with Crippen LogP contribution in [0.4, 0.5) is 5.82 Å². The van der Waals surface area contributed by atoms with Crippen LogP contribution >= 0.6 is 27.7 Å². The van der Waals surface area contributed by atoms with Crippen LogP contribution in [0.1, 0.15) is 5.56 Å². The van der Waals surface area contributed by atoms with E-state index in [-0.39, 0.29) is 0 Å². The van der Waals surface area contributed by atoms with Crippen molar-refractivity contribution in [2.24, 2.45) is 0 Å². The number of rotatable bonds is 9. The molecule has 9 nitrogen and oxygen atoms in total. The van der Waals surface area contributed by atoms with Gasteiger partial charge >= 0.3 is 0 Å². The van der Waals surface area contributed by atoms with E-state index in [1.165, 1.54) is 11.8 Å². The Morgan fingerprint density at radius 3 is 2.35 bits per heavy atom. The molecule has 0 aromatic heterocycles. The van der Waals surface area contributed by atoms with E-state index in [1.807, 2.05) is 34.9 Å². The summed E-state index contributed by atoms with van der Waals surface area (Å²) in [4.78, 5) is 14.6. The van der Waals surface area contributed by atoms with E-state index in [0.717, 1.165) is 20.7 Å². The van der Waals surface area contributed by atoms with Gasteiger partial charge in [-0.25, -0.2) is 15.0 Å². The molecule has 2 heterocycles. The van der Waals surface area contributed by atoms with Gasteiger partial charge in [-0.2, -0.15) is 0 Å². The second kappa shape index (κ2) is 10.4. The quantitative estimate of drug-likeness (QED) is 0.324. The Hall–Kier alpha value is -3.18. The van der Waals surface area contributed by atoms with Gasteiger partial charge in [0.25, 0.3) is 0 Å². The Balaban J connectivity index is 1.61. The molecule has 2 aliphatic rings. The highest BCUT2D eigenvalue weighted by Gasteiger charge is 2.21. The smallest absolute Gasteiger partial charge is 0.203 e. The molecule has 0 saturated carbocycles. The predicted molar refractivity (Wildman–Crippen MR) is 133 cm³/mol. The summed E-state index contributed by atoms with van der Waals surface area (Å²) in [6, 6.07) is 9.60. The number of fused-ring (bicyclic) bond motifs is 1. The number of nitrogens with zero attached hydrogens (tertiary/aromatic N) is 4. The van der Waals surface area contributed by atoms with Crippen LogP contribution in [0.15, 0.2) is 51.2 Å². The number of aromatic nitrogens is 4. The first-order valence-electron chi connectivity index (χ1n) is 10.3. The van der Waals surface area contributed by atoms with Crippen molar-refractivity contribution in [2.75, 3.05) is 34.2 Å². The van der Waals surface area contributed by atoms with Gasteiger partial charge in [-0.05, 0) is 70.0 Å². The topological polar surface area (TPSA) is 107 Å². The van der Waals surface area contributed by atoms with Crippen LogP contribution in [0, 0.1) is 0 Å². The number of nitrogens with two attached hydrogens (primary N) is 1. The zero-order chi connectivity index (χ0) is 24.2. The molecule has 0 saturated heterocycles. The fraction of sp³-hybridized carbons (Fsp3) is 0.261. The monoisotopic (exact) mass is 545 g/mol. The van der Waals surface area contributed by atoms with Gasteiger partial charge in [0.2, 0.25) is 5.75 Å². The standard InChI is InChI=1S/C23H24BrN5O4S/c1-30-14-5-6-15(24)18(11-14)34-23-27-19-21(25)26-12-29(22(19)28-23)8-7-13-9-16(31-2)20(33-4)17(10-13)32-3/h5-6,9-12H,7-8,25H2,1-4H3. The highest BCUT2D eigenvalue weighted by atomic mass is 79.9. The number of methoxy groups -OCH3 is 4. The van der Waals surface area contributed by atoms with Crippen LogP contribution < -0.4 is 24.7 Å². The minimum atomic E-state index is 0.336. The van der Waals surface area contributed by atoms with Gasteiger partial charge in [0.05, 0.1) is 34.8 Å². The lowest BCUT2D eigenvalue weighted by molar-refractivity contribution is 0.323. The lowest BCUT2D eigenvalue weighted by Crippen LogP contribution is -2.10. The molecule has 4 rings (SSSR count). The Kier molecular flexibility index (Phi) is 7.32. The molecule has 0 fully saturated rings. The van der Waals surface area contributed by atoms with Gasteiger partial charge < -0.3 is 29.2 Å². The van der Waals surface area contributed by atoms with Gasteiger partial charge in [-0.1, -0.05) is 0 Å². The molecule has 2 aromatic carbocycles. The van der Waals surface area contributed by atoms with Crippen LogP contribution in [0.2, 0.25) is 0 Å². The van der Waals surface area contributed by atoms with Gasteiger partial charge in [0, 0.05) is 15.9 Å². The number of anilines is 1. The summed E-state index contributed by atoms with van der Waals surface area (Å²) >= 11 is 4.99. The molecule has 2 aromatic rings. The third kappa shape index (κ3) is 4.85. The Labute approximate surface area is 210 Å². The van der Waals surface area contributed by atoms with E-state index in [4.69, 9.17) is 29.7 Å². The number of benzene rings is 2. The fourth-order valence-electron chi connectivity index (χ4n) is 3.46. The molecule has 0 amide bonds. The van der Waals surface area contributed by atoms with E-state index in [9.17, 15) is 0 Å². The Morgan fingerprint density at radius 2 is 1.71 bits per heavy atom. The lowest BCUT2D eigenvalue weighted by Gasteiger charge is -2.15. The molecule has 178 valence electrons. The number of aryl methyl sites for hydroxylation is 2. The Morgan fingerprint density at radius 1 is 0.971 bits per heavy atom. The van der Waals surface area contributed by atoms with E-state index >= 15 is 0 Å². The third-order valence-corrected chi connectivity index (χ3v) is 7.05. The number of ether oxygens (including phenoxy) is 4. The molecule has 2 aliphatic heterocycles. The average molecular weight is 546 g/mol.